The fourth-order valence-corrected chi connectivity index (χ4v) is 0.922. The summed E-state index contributed by atoms with van der Waals surface area (Å²) in [5, 5.41) is 0. The lowest BCUT2D eigenvalue weighted by Gasteiger charge is -2.17. The van der Waals surface area contributed by atoms with Crippen LogP contribution in [0.1, 0.15) is 34.6 Å². The predicted molar refractivity (Wildman–Crippen MR) is 72.3 cm³/mol. The van der Waals surface area contributed by atoms with E-state index in [2.05, 4.69) is 9.47 Å². The molecular formula is C13H26O7. The van der Waals surface area contributed by atoms with Gasteiger partial charge in [0.25, 0.3) is 0 Å². The molecular weight excluding hydrogens is 268 g/mol. The summed E-state index contributed by atoms with van der Waals surface area (Å²) in [5.74, 6) is -0.363. The Hall–Kier alpha value is -1.34. The average molecular weight is 294 g/mol. The number of hydrogen-bond acceptors (Lipinski definition) is 7. The quantitative estimate of drug-likeness (QED) is 0.501. The van der Waals surface area contributed by atoms with Gasteiger partial charge in [-0.2, -0.15) is 0 Å². The van der Waals surface area contributed by atoms with Crippen molar-refractivity contribution < 1.29 is 33.3 Å². The third-order valence-electron chi connectivity index (χ3n) is 1.73. The van der Waals surface area contributed by atoms with Gasteiger partial charge in [0, 0.05) is 14.0 Å². The van der Waals surface area contributed by atoms with Gasteiger partial charge in [0.2, 0.25) is 0 Å². The zero-order valence-corrected chi connectivity index (χ0v) is 13.1. The highest BCUT2D eigenvalue weighted by atomic mass is 16.8. The third kappa shape index (κ3) is 14.7. The van der Waals surface area contributed by atoms with Crippen molar-refractivity contribution in [2.45, 2.75) is 46.8 Å². The van der Waals surface area contributed by atoms with E-state index in [9.17, 15) is 9.59 Å². The molecule has 7 nitrogen and oxygen atoms in total. The number of methoxy groups -OCH3 is 1. The first-order valence-electron chi connectivity index (χ1n) is 6.53. The normalized spacial score (nSPS) is 12.5. The SMILES string of the molecule is CC.COCOC(=O)OC(C)COC(C)COC(C)=O. The van der Waals surface area contributed by atoms with E-state index in [1.807, 2.05) is 13.8 Å². The molecule has 0 aromatic heterocycles. The number of carbonyl (C=O) groups is 2. The maximum Gasteiger partial charge on any atom is 0.510 e. The molecule has 0 aliphatic heterocycles. The van der Waals surface area contributed by atoms with Crippen molar-refractivity contribution >= 4 is 12.1 Å². The van der Waals surface area contributed by atoms with Gasteiger partial charge in [0.05, 0.1) is 12.7 Å². The maximum absolute atomic E-state index is 11.0. The van der Waals surface area contributed by atoms with Crippen LogP contribution in [-0.4, -0.2) is 51.4 Å². The summed E-state index contributed by atoms with van der Waals surface area (Å²) in [5.41, 5.74) is 0. The van der Waals surface area contributed by atoms with Crippen molar-refractivity contribution in [1.29, 1.82) is 0 Å². The van der Waals surface area contributed by atoms with Crippen LogP contribution in [0.25, 0.3) is 0 Å². The van der Waals surface area contributed by atoms with Gasteiger partial charge in [-0.3, -0.25) is 4.79 Å². The first-order chi connectivity index (χ1) is 9.45. The lowest BCUT2D eigenvalue weighted by Crippen LogP contribution is -2.26. The van der Waals surface area contributed by atoms with Crippen LogP contribution < -0.4 is 0 Å². The van der Waals surface area contributed by atoms with Gasteiger partial charge < -0.3 is 23.7 Å². The van der Waals surface area contributed by atoms with Crippen molar-refractivity contribution in [3.63, 3.8) is 0 Å². The Morgan fingerprint density at radius 2 is 1.60 bits per heavy atom. The Kier molecular flexibility index (Phi) is 14.8. The molecule has 0 fully saturated rings. The molecule has 0 aliphatic carbocycles. The minimum absolute atomic E-state index is 0.157. The van der Waals surface area contributed by atoms with Crippen LogP contribution in [0, 0.1) is 0 Å². The van der Waals surface area contributed by atoms with Crippen molar-refractivity contribution in [3.05, 3.63) is 0 Å². The zero-order chi connectivity index (χ0) is 16.0. The topological polar surface area (TPSA) is 80.3 Å². The Morgan fingerprint density at radius 1 is 1.00 bits per heavy atom. The van der Waals surface area contributed by atoms with Crippen LogP contribution >= 0.6 is 0 Å². The maximum atomic E-state index is 11.0. The lowest BCUT2D eigenvalue weighted by atomic mass is 10.4. The van der Waals surface area contributed by atoms with E-state index < -0.39 is 12.3 Å². The fourth-order valence-electron chi connectivity index (χ4n) is 0.922. The van der Waals surface area contributed by atoms with E-state index >= 15 is 0 Å². The molecule has 0 rings (SSSR count). The molecule has 0 bridgehead atoms. The minimum atomic E-state index is -0.819. The molecule has 0 aromatic carbocycles. The largest absolute Gasteiger partial charge is 0.510 e. The molecule has 0 aliphatic rings. The molecule has 0 saturated carbocycles. The summed E-state index contributed by atoms with van der Waals surface area (Å²) in [6.45, 7) is 8.92. The summed E-state index contributed by atoms with van der Waals surface area (Å²) < 4.78 is 24.0. The van der Waals surface area contributed by atoms with Gasteiger partial charge in [-0.15, -0.1) is 0 Å². The average Bonchev–Trinajstić information content (AvgIpc) is 2.42. The van der Waals surface area contributed by atoms with Crippen LogP contribution in [-0.2, 0) is 28.5 Å². The van der Waals surface area contributed by atoms with Crippen LogP contribution in [0.15, 0.2) is 0 Å². The monoisotopic (exact) mass is 294 g/mol. The number of hydrogen-bond donors (Lipinski definition) is 0. The van der Waals surface area contributed by atoms with Crippen LogP contribution in [0.4, 0.5) is 4.79 Å². The lowest BCUT2D eigenvalue weighted by molar-refractivity contribution is -0.145. The van der Waals surface area contributed by atoms with Gasteiger partial charge in [0.15, 0.2) is 6.79 Å². The van der Waals surface area contributed by atoms with Gasteiger partial charge in [-0.05, 0) is 13.8 Å². The second-order valence-electron chi connectivity index (χ2n) is 3.68. The van der Waals surface area contributed by atoms with Crippen LogP contribution in [0.3, 0.4) is 0 Å². The minimum Gasteiger partial charge on any atom is -0.463 e. The van der Waals surface area contributed by atoms with Crippen molar-refractivity contribution in [2.24, 2.45) is 0 Å². The molecule has 20 heavy (non-hydrogen) atoms. The molecule has 0 radical (unpaired) electrons. The molecule has 0 saturated heterocycles. The summed E-state index contributed by atoms with van der Waals surface area (Å²) >= 11 is 0. The number of ether oxygens (including phenoxy) is 5. The van der Waals surface area contributed by atoms with Crippen molar-refractivity contribution in [1.82, 2.24) is 0 Å². The smallest absolute Gasteiger partial charge is 0.463 e. The van der Waals surface area contributed by atoms with Crippen molar-refractivity contribution in [2.75, 3.05) is 27.1 Å². The Morgan fingerprint density at radius 3 is 2.10 bits per heavy atom. The van der Waals surface area contributed by atoms with E-state index in [1.54, 1.807) is 13.8 Å². The summed E-state index contributed by atoms with van der Waals surface area (Å²) in [6.07, 6.45) is -1.55. The van der Waals surface area contributed by atoms with Gasteiger partial charge >= 0.3 is 12.1 Å². The fraction of sp³-hybridized carbons (Fsp3) is 0.846. The van der Waals surface area contributed by atoms with Gasteiger partial charge in [-0.1, -0.05) is 13.8 Å². The van der Waals surface area contributed by atoms with Crippen molar-refractivity contribution in [3.8, 4) is 0 Å². The molecule has 2 atom stereocenters. The highest BCUT2D eigenvalue weighted by Crippen LogP contribution is 1.99. The second-order valence-corrected chi connectivity index (χ2v) is 3.68. The Bertz CT molecular complexity index is 255. The molecule has 2 unspecified atom stereocenters. The summed E-state index contributed by atoms with van der Waals surface area (Å²) in [7, 11) is 1.40. The van der Waals surface area contributed by atoms with Gasteiger partial charge in [0.1, 0.15) is 12.7 Å². The highest BCUT2D eigenvalue weighted by molar-refractivity contribution is 5.65. The number of esters is 1. The Balaban J connectivity index is 0. The summed E-state index contributed by atoms with van der Waals surface area (Å²) in [4.78, 5) is 21.6. The molecule has 0 aromatic rings. The zero-order valence-electron chi connectivity index (χ0n) is 13.1. The third-order valence-corrected chi connectivity index (χ3v) is 1.73. The van der Waals surface area contributed by atoms with Crippen LogP contribution in [0.5, 0.6) is 0 Å². The molecule has 0 amide bonds. The molecule has 0 spiro atoms. The first kappa shape index (κ1) is 21.0. The predicted octanol–water partition coefficient (Wildman–Crippen LogP) is 2.13. The second kappa shape index (κ2) is 14.1. The van der Waals surface area contributed by atoms with E-state index in [-0.39, 0.29) is 32.1 Å². The van der Waals surface area contributed by atoms with E-state index in [1.165, 1.54) is 14.0 Å². The molecule has 120 valence electrons. The Labute approximate surface area is 120 Å². The summed E-state index contributed by atoms with van der Waals surface area (Å²) in [6, 6.07) is 0. The number of rotatable bonds is 8. The highest BCUT2D eigenvalue weighted by Gasteiger charge is 2.13. The van der Waals surface area contributed by atoms with Crippen LogP contribution in [0.2, 0.25) is 0 Å². The molecule has 0 N–H and O–H groups in total. The van der Waals surface area contributed by atoms with E-state index in [0.29, 0.717) is 0 Å². The molecule has 0 heterocycles. The van der Waals surface area contributed by atoms with E-state index in [4.69, 9.17) is 14.2 Å². The standard InChI is InChI=1S/C11H20O7.C2H6/c1-8(5-16-10(3)12)15-6-9(2)18-11(13)17-7-14-4;1-2/h8-9H,5-7H2,1-4H3;1-2H3. The van der Waals surface area contributed by atoms with Gasteiger partial charge in [-0.25, -0.2) is 4.79 Å². The number of carbonyl (C=O) groups excluding carboxylic acids is 2. The molecule has 7 heteroatoms. The first-order valence-corrected chi connectivity index (χ1v) is 6.53. The van der Waals surface area contributed by atoms with E-state index in [0.717, 1.165) is 0 Å².